The summed E-state index contributed by atoms with van der Waals surface area (Å²) in [5.41, 5.74) is 2.29. The highest BCUT2D eigenvalue weighted by atomic mass is 32.2. The molecule has 1 aliphatic carbocycles. The highest BCUT2D eigenvalue weighted by molar-refractivity contribution is 7.99. The lowest BCUT2D eigenvalue weighted by Gasteiger charge is -2.16. The van der Waals surface area contributed by atoms with Gasteiger partial charge in [0.1, 0.15) is 5.69 Å². The van der Waals surface area contributed by atoms with E-state index in [0.717, 1.165) is 61.1 Å². The lowest BCUT2D eigenvalue weighted by molar-refractivity contribution is -0.137. The molecular formula is C24H27F3N6S. The van der Waals surface area contributed by atoms with Crippen molar-refractivity contribution in [1.29, 1.82) is 0 Å². The van der Waals surface area contributed by atoms with E-state index in [-0.39, 0.29) is 5.41 Å². The lowest BCUT2D eigenvalue weighted by atomic mass is 9.97. The first-order valence-corrected chi connectivity index (χ1v) is 12.4. The van der Waals surface area contributed by atoms with E-state index < -0.39 is 11.7 Å². The molecule has 0 N–H and O–H groups in total. The van der Waals surface area contributed by atoms with Gasteiger partial charge in [-0.2, -0.15) is 13.2 Å². The molecule has 1 saturated heterocycles. The molecule has 10 heteroatoms. The predicted molar refractivity (Wildman–Crippen MR) is 124 cm³/mol. The Balaban J connectivity index is 1.09. The van der Waals surface area contributed by atoms with E-state index in [9.17, 15) is 13.2 Å². The van der Waals surface area contributed by atoms with E-state index in [4.69, 9.17) is 0 Å². The van der Waals surface area contributed by atoms with Crippen LogP contribution in [0.25, 0.3) is 11.5 Å². The van der Waals surface area contributed by atoms with Gasteiger partial charge in [-0.25, -0.2) is 4.98 Å². The standard InChI is InChI=1S/C24H27F3N6S/c1-16-13-29-20(14-28-16)21-30-31-22(32(21)2)34-11-3-9-33-10-8-23(15-33)12-19(23)17-4-6-18(7-5-17)24(25,26)27/h4-7,13-14,19H,3,8-12,15H2,1-2H3/t19?,23-/m0/s1. The van der Waals surface area contributed by atoms with Crippen LogP contribution in [0.2, 0.25) is 0 Å². The predicted octanol–water partition coefficient (Wildman–Crippen LogP) is 4.96. The Hall–Kier alpha value is -2.46. The minimum absolute atomic E-state index is 0.250. The number of halogens is 3. The van der Waals surface area contributed by atoms with Crippen molar-refractivity contribution in [3.05, 3.63) is 53.5 Å². The van der Waals surface area contributed by atoms with Crippen LogP contribution in [-0.2, 0) is 13.2 Å². The van der Waals surface area contributed by atoms with Gasteiger partial charge in [-0.15, -0.1) is 10.2 Å². The first kappa shape index (κ1) is 23.3. The van der Waals surface area contributed by atoms with Gasteiger partial charge in [0, 0.05) is 25.5 Å². The number of alkyl halides is 3. The molecule has 3 heterocycles. The van der Waals surface area contributed by atoms with E-state index >= 15 is 0 Å². The van der Waals surface area contributed by atoms with E-state index in [1.165, 1.54) is 12.1 Å². The second-order valence-electron chi connectivity index (χ2n) is 9.38. The number of likely N-dealkylation sites (tertiary alicyclic amines) is 1. The SMILES string of the molecule is Cc1cnc(-c2nnc(SCCCN3CC[C@]4(CC4c4ccc(C(F)(F)F)cc4)C3)n2C)cn1. The fraction of sp³-hybridized carbons (Fsp3) is 0.500. The molecule has 0 radical (unpaired) electrons. The van der Waals surface area contributed by atoms with Crippen LogP contribution in [0, 0.1) is 12.3 Å². The molecule has 1 aliphatic heterocycles. The number of hydrogen-bond acceptors (Lipinski definition) is 6. The van der Waals surface area contributed by atoms with Crippen molar-refractivity contribution in [3.8, 4) is 11.5 Å². The minimum atomic E-state index is -4.27. The molecule has 2 aromatic heterocycles. The molecule has 0 amide bonds. The number of rotatable bonds is 7. The zero-order chi connectivity index (χ0) is 23.9. The summed E-state index contributed by atoms with van der Waals surface area (Å²) < 4.78 is 40.4. The summed E-state index contributed by atoms with van der Waals surface area (Å²) in [6, 6.07) is 5.76. The molecule has 0 bridgehead atoms. The van der Waals surface area contributed by atoms with E-state index in [1.54, 1.807) is 36.3 Å². The van der Waals surface area contributed by atoms with Crippen molar-refractivity contribution < 1.29 is 13.2 Å². The lowest BCUT2D eigenvalue weighted by Crippen LogP contribution is -2.23. The average Bonchev–Trinajstić information content (AvgIpc) is 3.16. The van der Waals surface area contributed by atoms with E-state index in [0.29, 0.717) is 17.4 Å². The van der Waals surface area contributed by atoms with E-state index in [1.807, 2.05) is 18.5 Å². The quantitative estimate of drug-likeness (QED) is 0.346. The number of thioether (sulfide) groups is 1. The number of nitrogens with zero attached hydrogens (tertiary/aromatic N) is 6. The van der Waals surface area contributed by atoms with Crippen molar-refractivity contribution in [3.63, 3.8) is 0 Å². The molecule has 34 heavy (non-hydrogen) atoms. The molecule has 2 aliphatic rings. The second kappa shape index (κ2) is 8.96. The van der Waals surface area contributed by atoms with Gasteiger partial charge in [0.2, 0.25) is 0 Å². The Morgan fingerprint density at radius 2 is 1.91 bits per heavy atom. The van der Waals surface area contributed by atoms with Crippen LogP contribution < -0.4 is 0 Å². The molecule has 2 atom stereocenters. The summed E-state index contributed by atoms with van der Waals surface area (Å²) in [6.07, 6.45) is 2.40. The molecule has 5 rings (SSSR count). The molecule has 3 aromatic rings. The first-order chi connectivity index (χ1) is 16.2. The fourth-order valence-corrected chi connectivity index (χ4v) is 5.81. The zero-order valence-corrected chi connectivity index (χ0v) is 20.0. The molecule has 1 unspecified atom stereocenters. The average molecular weight is 489 g/mol. The summed E-state index contributed by atoms with van der Waals surface area (Å²) in [7, 11) is 1.94. The van der Waals surface area contributed by atoms with Gasteiger partial charge < -0.3 is 9.47 Å². The maximum atomic E-state index is 12.8. The maximum absolute atomic E-state index is 12.8. The van der Waals surface area contributed by atoms with Crippen LogP contribution >= 0.6 is 11.8 Å². The van der Waals surface area contributed by atoms with Crippen LogP contribution in [0.5, 0.6) is 0 Å². The van der Waals surface area contributed by atoms with Gasteiger partial charge in [-0.1, -0.05) is 23.9 Å². The monoisotopic (exact) mass is 488 g/mol. The second-order valence-corrected chi connectivity index (χ2v) is 10.4. The Labute approximate surface area is 201 Å². The molecule has 1 spiro atoms. The maximum Gasteiger partial charge on any atom is 0.416 e. The van der Waals surface area contributed by atoms with Gasteiger partial charge in [0.25, 0.3) is 0 Å². The summed E-state index contributed by atoms with van der Waals surface area (Å²) >= 11 is 1.69. The normalized spacial score (nSPS) is 22.6. The Kier molecular flexibility index (Phi) is 6.14. The number of aryl methyl sites for hydroxylation is 1. The van der Waals surface area contributed by atoms with Gasteiger partial charge in [-0.3, -0.25) is 4.98 Å². The smallest absolute Gasteiger partial charge is 0.304 e. The van der Waals surface area contributed by atoms with Crippen LogP contribution in [0.1, 0.15) is 42.0 Å². The zero-order valence-electron chi connectivity index (χ0n) is 19.2. The Morgan fingerprint density at radius 1 is 1.12 bits per heavy atom. The van der Waals surface area contributed by atoms with Crippen LogP contribution in [0.3, 0.4) is 0 Å². The van der Waals surface area contributed by atoms with Gasteiger partial charge in [0.05, 0.1) is 17.5 Å². The van der Waals surface area contributed by atoms with Crippen molar-refractivity contribution in [2.45, 2.75) is 43.4 Å². The fourth-order valence-electron chi connectivity index (χ4n) is 4.97. The third kappa shape index (κ3) is 4.70. The van der Waals surface area contributed by atoms with Crippen LogP contribution in [0.15, 0.2) is 41.8 Å². The third-order valence-corrected chi connectivity index (χ3v) is 8.10. The van der Waals surface area contributed by atoms with Gasteiger partial charge in [-0.05, 0) is 68.3 Å². The summed E-state index contributed by atoms with van der Waals surface area (Å²) in [6.45, 7) is 5.00. The number of benzene rings is 1. The topological polar surface area (TPSA) is 59.7 Å². The Morgan fingerprint density at radius 3 is 2.62 bits per heavy atom. The summed E-state index contributed by atoms with van der Waals surface area (Å²) in [5, 5.41) is 9.44. The largest absolute Gasteiger partial charge is 0.416 e. The molecule has 1 saturated carbocycles. The van der Waals surface area contributed by atoms with Crippen molar-refractivity contribution >= 4 is 11.8 Å². The molecule has 2 fully saturated rings. The van der Waals surface area contributed by atoms with Crippen molar-refractivity contribution in [2.75, 3.05) is 25.4 Å². The number of hydrogen-bond donors (Lipinski definition) is 0. The van der Waals surface area contributed by atoms with E-state index in [2.05, 4.69) is 25.1 Å². The third-order valence-electron chi connectivity index (χ3n) is 6.99. The van der Waals surface area contributed by atoms with Crippen molar-refractivity contribution in [1.82, 2.24) is 29.6 Å². The van der Waals surface area contributed by atoms with Crippen molar-refractivity contribution in [2.24, 2.45) is 12.5 Å². The molecule has 6 nitrogen and oxygen atoms in total. The minimum Gasteiger partial charge on any atom is -0.304 e. The Bertz CT molecular complexity index is 1150. The number of aromatic nitrogens is 5. The highest BCUT2D eigenvalue weighted by Crippen LogP contribution is 2.64. The highest BCUT2D eigenvalue weighted by Gasteiger charge is 2.57. The van der Waals surface area contributed by atoms with Crippen LogP contribution in [0.4, 0.5) is 13.2 Å². The molecule has 180 valence electrons. The summed E-state index contributed by atoms with van der Waals surface area (Å²) in [5.74, 6) is 2.04. The van der Waals surface area contributed by atoms with Gasteiger partial charge in [0.15, 0.2) is 11.0 Å². The van der Waals surface area contributed by atoms with Crippen LogP contribution in [-0.4, -0.2) is 55.0 Å². The first-order valence-electron chi connectivity index (χ1n) is 11.5. The molecule has 1 aromatic carbocycles. The summed E-state index contributed by atoms with van der Waals surface area (Å²) in [4.78, 5) is 11.2. The van der Waals surface area contributed by atoms with Gasteiger partial charge >= 0.3 is 6.18 Å². The molecular weight excluding hydrogens is 461 g/mol.